The molecule has 0 aliphatic heterocycles. The van der Waals surface area contributed by atoms with Crippen molar-refractivity contribution in [3.8, 4) is 0 Å². The van der Waals surface area contributed by atoms with Crippen LogP contribution in [0.2, 0.25) is 0 Å². The number of benzene rings is 2. The minimum atomic E-state index is 0.0500. The molecular weight excluding hydrogens is 322 g/mol. The number of hydrogen-bond donors (Lipinski definition) is 2. The van der Waals surface area contributed by atoms with Gasteiger partial charge < -0.3 is 10.3 Å². The molecular formula is C22H25N3O. The minimum Gasteiger partial charge on any atom is -0.355 e. The second-order valence-electron chi connectivity index (χ2n) is 8.14. The molecule has 0 spiro atoms. The van der Waals surface area contributed by atoms with Crippen LogP contribution < -0.4 is 5.32 Å². The maximum Gasteiger partial charge on any atom is 0.224 e. The highest BCUT2D eigenvalue weighted by atomic mass is 16.1. The van der Waals surface area contributed by atoms with E-state index < -0.39 is 0 Å². The smallest absolute Gasteiger partial charge is 0.224 e. The lowest BCUT2D eigenvalue weighted by molar-refractivity contribution is -0.120. The molecule has 2 aromatic carbocycles. The van der Waals surface area contributed by atoms with E-state index in [1.54, 1.807) is 0 Å². The number of carbonyl (C=O) groups is 1. The molecule has 0 unspecified atom stereocenters. The predicted molar refractivity (Wildman–Crippen MR) is 104 cm³/mol. The number of hydrogen-bond acceptors (Lipinski definition) is 2. The molecule has 0 saturated heterocycles. The van der Waals surface area contributed by atoms with Crippen molar-refractivity contribution in [2.75, 3.05) is 6.54 Å². The number of rotatable bonds is 5. The second kappa shape index (κ2) is 5.97. The molecule has 3 aromatic rings. The summed E-state index contributed by atoms with van der Waals surface area (Å²) in [6.45, 7) is 7.18. The largest absolute Gasteiger partial charge is 0.355 e. The van der Waals surface area contributed by atoms with Crippen molar-refractivity contribution in [3.05, 3.63) is 65.5 Å². The predicted octanol–water partition coefficient (Wildman–Crippen LogP) is 3.90. The van der Waals surface area contributed by atoms with E-state index in [1.807, 2.05) is 31.2 Å². The number of imidazole rings is 1. The summed E-state index contributed by atoms with van der Waals surface area (Å²) in [5, 5.41) is 3.18. The molecule has 1 atom stereocenters. The lowest BCUT2D eigenvalue weighted by Crippen LogP contribution is -2.35. The SMILES string of the molecule is Cc1nc2ccc(CC(=O)NC[C@@]3(c4ccccc4)CC3(C)C)cc2[nH]1. The summed E-state index contributed by atoms with van der Waals surface area (Å²) < 4.78 is 0. The molecule has 4 heteroatoms. The maximum absolute atomic E-state index is 12.5. The van der Waals surface area contributed by atoms with Crippen molar-refractivity contribution in [2.24, 2.45) is 5.41 Å². The van der Waals surface area contributed by atoms with E-state index in [9.17, 15) is 4.79 Å². The monoisotopic (exact) mass is 347 g/mol. The van der Waals surface area contributed by atoms with Gasteiger partial charge in [-0.05, 0) is 42.0 Å². The van der Waals surface area contributed by atoms with Crippen LogP contribution >= 0.6 is 0 Å². The molecule has 1 aromatic heterocycles. The van der Waals surface area contributed by atoms with Crippen LogP contribution in [0.3, 0.4) is 0 Å². The fourth-order valence-electron chi connectivity index (χ4n) is 4.16. The molecule has 26 heavy (non-hydrogen) atoms. The standard InChI is InChI=1S/C22H25N3O/c1-15-24-18-10-9-16(11-19(18)25-15)12-20(26)23-14-22(13-21(22,2)3)17-7-5-4-6-8-17/h4-11H,12-14H2,1-3H3,(H,23,26)(H,24,25)/t22-/m1/s1. The van der Waals surface area contributed by atoms with Crippen LogP contribution in [-0.4, -0.2) is 22.4 Å². The molecule has 4 rings (SSSR count). The van der Waals surface area contributed by atoms with Crippen molar-refractivity contribution < 1.29 is 4.79 Å². The van der Waals surface area contributed by atoms with Gasteiger partial charge in [-0.15, -0.1) is 0 Å². The number of aromatic nitrogens is 2. The molecule has 1 fully saturated rings. The Morgan fingerprint density at radius 2 is 1.92 bits per heavy atom. The number of nitrogens with zero attached hydrogens (tertiary/aromatic N) is 1. The van der Waals surface area contributed by atoms with Gasteiger partial charge in [0, 0.05) is 12.0 Å². The highest BCUT2D eigenvalue weighted by Gasteiger charge is 2.61. The summed E-state index contributed by atoms with van der Waals surface area (Å²) in [5.74, 6) is 0.959. The van der Waals surface area contributed by atoms with Gasteiger partial charge in [0.25, 0.3) is 0 Å². The summed E-state index contributed by atoms with van der Waals surface area (Å²) in [6.07, 6.45) is 1.49. The first-order valence-corrected chi connectivity index (χ1v) is 9.17. The highest BCUT2D eigenvalue weighted by molar-refractivity contribution is 5.82. The van der Waals surface area contributed by atoms with E-state index >= 15 is 0 Å². The average molecular weight is 347 g/mol. The number of H-pyrrole nitrogens is 1. The lowest BCUT2D eigenvalue weighted by atomic mass is 9.88. The molecule has 1 saturated carbocycles. The van der Waals surface area contributed by atoms with Crippen LogP contribution in [0, 0.1) is 12.3 Å². The van der Waals surface area contributed by atoms with Crippen LogP contribution in [-0.2, 0) is 16.6 Å². The zero-order valence-corrected chi connectivity index (χ0v) is 15.6. The molecule has 4 nitrogen and oxygen atoms in total. The third kappa shape index (κ3) is 2.90. The Bertz CT molecular complexity index is 958. The van der Waals surface area contributed by atoms with Crippen LogP contribution in [0.15, 0.2) is 48.5 Å². The fourth-order valence-corrected chi connectivity index (χ4v) is 4.16. The van der Waals surface area contributed by atoms with Gasteiger partial charge in [0.1, 0.15) is 5.82 Å². The van der Waals surface area contributed by atoms with Crippen LogP contribution in [0.25, 0.3) is 11.0 Å². The van der Waals surface area contributed by atoms with Crippen molar-refractivity contribution >= 4 is 16.9 Å². The van der Waals surface area contributed by atoms with E-state index in [-0.39, 0.29) is 16.7 Å². The molecule has 1 heterocycles. The van der Waals surface area contributed by atoms with Gasteiger partial charge in [-0.2, -0.15) is 0 Å². The van der Waals surface area contributed by atoms with Crippen LogP contribution in [0.5, 0.6) is 0 Å². The summed E-state index contributed by atoms with van der Waals surface area (Å²) in [5.41, 5.74) is 4.51. The number of carbonyl (C=O) groups excluding carboxylic acids is 1. The Hall–Kier alpha value is -2.62. The first-order valence-electron chi connectivity index (χ1n) is 9.17. The van der Waals surface area contributed by atoms with E-state index in [0.29, 0.717) is 13.0 Å². The summed E-state index contributed by atoms with van der Waals surface area (Å²) in [4.78, 5) is 20.2. The van der Waals surface area contributed by atoms with E-state index in [1.165, 1.54) is 5.56 Å². The van der Waals surface area contributed by atoms with E-state index in [4.69, 9.17) is 0 Å². The third-order valence-electron chi connectivity index (χ3n) is 5.86. The maximum atomic E-state index is 12.5. The Balaban J connectivity index is 1.44. The van der Waals surface area contributed by atoms with Crippen molar-refractivity contribution in [3.63, 3.8) is 0 Å². The number of nitrogens with one attached hydrogen (secondary N) is 2. The third-order valence-corrected chi connectivity index (χ3v) is 5.86. The number of aryl methyl sites for hydroxylation is 1. The zero-order valence-electron chi connectivity index (χ0n) is 15.6. The lowest BCUT2D eigenvalue weighted by Gasteiger charge is -2.22. The molecule has 134 valence electrons. The van der Waals surface area contributed by atoms with Gasteiger partial charge in [-0.1, -0.05) is 50.2 Å². The fraction of sp³-hybridized carbons (Fsp3) is 0.364. The summed E-state index contributed by atoms with van der Waals surface area (Å²) >= 11 is 0. The molecule has 1 aliphatic rings. The van der Waals surface area contributed by atoms with Gasteiger partial charge in [-0.3, -0.25) is 4.79 Å². The van der Waals surface area contributed by atoms with Crippen molar-refractivity contribution in [1.82, 2.24) is 15.3 Å². The second-order valence-corrected chi connectivity index (χ2v) is 8.14. The first kappa shape index (κ1) is 16.8. The summed E-state index contributed by atoms with van der Waals surface area (Å²) in [7, 11) is 0. The molecule has 2 N–H and O–H groups in total. The van der Waals surface area contributed by atoms with Gasteiger partial charge in [0.05, 0.1) is 17.5 Å². The van der Waals surface area contributed by atoms with Crippen molar-refractivity contribution in [1.29, 1.82) is 0 Å². The highest BCUT2D eigenvalue weighted by Crippen LogP contribution is 2.63. The van der Waals surface area contributed by atoms with E-state index in [0.717, 1.165) is 28.8 Å². The number of fused-ring (bicyclic) bond motifs is 1. The number of aromatic amines is 1. The van der Waals surface area contributed by atoms with Gasteiger partial charge >= 0.3 is 0 Å². The molecule has 1 amide bonds. The quantitative estimate of drug-likeness (QED) is 0.735. The van der Waals surface area contributed by atoms with Crippen LogP contribution in [0.4, 0.5) is 0 Å². The topological polar surface area (TPSA) is 57.8 Å². The average Bonchev–Trinajstić information content (AvgIpc) is 2.98. The van der Waals surface area contributed by atoms with E-state index in [2.05, 4.69) is 53.4 Å². The molecule has 0 bridgehead atoms. The van der Waals surface area contributed by atoms with Gasteiger partial charge in [-0.25, -0.2) is 4.98 Å². The zero-order chi connectivity index (χ0) is 18.4. The summed E-state index contributed by atoms with van der Waals surface area (Å²) in [6, 6.07) is 16.5. The van der Waals surface area contributed by atoms with Gasteiger partial charge in [0.15, 0.2) is 0 Å². The van der Waals surface area contributed by atoms with Crippen LogP contribution in [0.1, 0.15) is 37.2 Å². The molecule has 0 radical (unpaired) electrons. The minimum absolute atomic E-state index is 0.0500. The Labute approximate surface area is 154 Å². The normalized spacial score (nSPS) is 20.9. The number of amides is 1. The van der Waals surface area contributed by atoms with Crippen molar-refractivity contribution in [2.45, 2.75) is 39.0 Å². The van der Waals surface area contributed by atoms with Gasteiger partial charge in [0.2, 0.25) is 5.91 Å². The molecule has 1 aliphatic carbocycles. The Morgan fingerprint density at radius 3 is 2.62 bits per heavy atom. The Morgan fingerprint density at radius 1 is 1.19 bits per heavy atom. The Kier molecular flexibility index (Phi) is 3.87. The first-order chi connectivity index (χ1) is 12.4.